The quantitative estimate of drug-likeness (QED) is 0.487. The highest BCUT2D eigenvalue weighted by atomic mass is 32.2. The number of aliphatic hydroxyl groups is 1. The molecule has 0 unspecified atom stereocenters. The topological polar surface area (TPSA) is 99.2 Å². The van der Waals surface area contributed by atoms with E-state index in [2.05, 4.69) is 5.32 Å². The van der Waals surface area contributed by atoms with Crippen LogP contribution >= 0.6 is 0 Å². The molecular weight excluding hydrogens is 514 g/mol. The van der Waals surface area contributed by atoms with Gasteiger partial charge in [0.2, 0.25) is 10.0 Å². The largest absolute Gasteiger partial charge is 0.487 e. The third-order valence-corrected chi connectivity index (χ3v) is 9.71. The predicted octanol–water partition coefficient (Wildman–Crippen LogP) is 4.60. The molecule has 1 aliphatic carbocycles. The van der Waals surface area contributed by atoms with Crippen molar-refractivity contribution in [1.82, 2.24) is 14.5 Å². The molecule has 2 aromatic carbocycles. The zero-order valence-corrected chi connectivity index (χ0v) is 23.9. The molecule has 0 saturated heterocycles. The number of carbonyl (C=O) groups excluding carboxylic acids is 1. The number of nitrogens with zero attached hydrogens (tertiary/aromatic N) is 2. The minimum atomic E-state index is -3.93. The van der Waals surface area contributed by atoms with Crippen molar-refractivity contribution in [1.29, 1.82) is 0 Å². The van der Waals surface area contributed by atoms with E-state index in [1.165, 1.54) is 10.7 Å². The summed E-state index contributed by atoms with van der Waals surface area (Å²) in [5.41, 5.74) is 1.82. The van der Waals surface area contributed by atoms with Gasteiger partial charge in [-0.2, -0.15) is 4.31 Å². The molecule has 39 heavy (non-hydrogen) atoms. The van der Waals surface area contributed by atoms with E-state index in [1.807, 2.05) is 49.4 Å². The molecule has 0 radical (unpaired) electrons. The maximum absolute atomic E-state index is 13.7. The second kappa shape index (κ2) is 13.0. The van der Waals surface area contributed by atoms with Crippen LogP contribution in [0.3, 0.4) is 0 Å². The van der Waals surface area contributed by atoms with Gasteiger partial charge in [-0.25, -0.2) is 13.2 Å². The van der Waals surface area contributed by atoms with Gasteiger partial charge in [0.25, 0.3) is 0 Å². The van der Waals surface area contributed by atoms with E-state index >= 15 is 0 Å². The minimum absolute atomic E-state index is 0.0610. The van der Waals surface area contributed by atoms with Gasteiger partial charge in [-0.05, 0) is 43.0 Å². The Hall–Kier alpha value is -2.88. The molecule has 0 aromatic heterocycles. The Morgan fingerprint density at radius 2 is 1.82 bits per heavy atom. The summed E-state index contributed by atoms with van der Waals surface area (Å²) in [6.45, 7) is 3.79. The molecule has 212 valence electrons. The SMILES string of the molecule is C[C@@H]1CN([C@H](C)CO)S(=O)(=O)c2ccc(C=Cc3ccccc3)cc2O[C@H]1CN(C)C(=O)NC1CCCCC1. The van der Waals surface area contributed by atoms with Crippen LogP contribution in [0.25, 0.3) is 12.2 Å². The first kappa shape index (κ1) is 29.1. The molecule has 1 saturated carbocycles. The van der Waals surface area contributed by atoms with Crippen LogP contribution in [0.1, 0.15) is 57.1 Å². The van der Waals surface area contributed by atoms with Crippen molar-refractivity contribution in [2.24, 2.45) is 5.92 Å². The van der Waals surface area contributed by atoms with Crippen molar-refractivity contribution in [2.75, 3.05) is 26.7 Å². The Labute approximate surface area is 232 Å². The van der Waals surface area contributed by atoms with Crippen LogP contribution in [0.4, 0.5) is 4.79 Å². The van der Waals surface area contributed by atoms with E-state index in [9.17, 15) is 18.3 Å². The molecule has 1 heterocycles. The summed E-state index contributed by atoms with van der Waals surface area (Å²) in [7, 11) is -2.18. The summed E-state index contributed by atoms with van der Waals surface area (Å²) in [6, 6.07) is 14.4. The molecule has 1 fully saturated rings. The van der Waals surface area contributed by atoms with Crippen LogP contribution in [0.15, 0.2) is 53.4 Å². The Bertz CT molecular complexity index is 1240. The fraction of sp³-hybridized carbons (Fsp3) is 0.500. The smallest absolute Gasteiger partial charge is 0.317 e. The van der Waals surface area contributed by atoms with Crippen molar-refractivity contribution in [3.8, 4) is 5.75 Å². The van der Waals surface area contributed by atoms with Crippen LogP contribution in [0.5, 0.6) is 5.75 Å². The van der Waals surface area contributed by atoms with Gasteiger partial charge >= 0.3 is 6.03 Å². The molecule has 8 nitrogen and oxygen atoms in total. The lowest BCUT2D eigenvalue weighted by atomic mass is 9.96. The predicted molar refractivity (Wildman–Crippen MR) is 154 cm³/mol. The number of nitrogens with one attached hydrogen (secondary N) is 1. The molecule has 0 spiro atoms. The van der Waals surface area contributed by atoms with Gasteiger partial charge in [0.1, 0.15) is 16.7 Å². The summed E-state index contributed by atoms with van der Waals surface area (Å²) in [4.78, 5) is 14.7. The van der Waals surface area contributed by atoms with Crippen LogP contribution in [-0.2, 0) is 10.0 Å². The summed E-state index contributed by atoms with van der Waals surface area (Å²) in [5.74, 6) is 0.00774. The number of fused-ring (bicyclic) bond motifs is 1. The van der Waals surface area contributed by atoms with Crippen molar-refractivity contribution >= 4 is 28.2 Å². The minimum Gasteiger partial charge on any atom is -0.487 e. The Balaban J connectivity index is 1.62. The molecule has 2 aromatic rings. The zero-order chi connectivity index (χ0) is 28.0. The van der Waals surface area contributed by atoms with Crippen molar-refractivity contribution < 1.29 is 23.1 Å². The van der Waals surface area contributed by atoms with Gasteiger partial charge in [0.15, 0.2) is 0 Å². The molecule has 9 heteroatoms. The fourth-order valence-electron chi connectivity index (χ4n) is 5.20. The van der Waals surface area contributed by atoms with E-state index in [0.29, 0.717) is 6.54 Å². The van der Waals surface area contributed by atoms with E-state index in [-0.39, 0.29) is 41.8 Å². The number of benzene rings is 2. The van der Waals surface area contributed by atoms with Gasteiger partial charge < -0.3 is 20.1 Å². The van der Waals surface area contributed by atoms with Gasteiger partial charge in [0, 0.05) is 31.6 Å². The second-order valence-corrected chi connectivity index (χ2v) is 12.7. The highest BCUT2D eigenvalue weighted by molar-refractivity contribution is 7.89. The number of carbonyl (C=O) groups is 1. The first-order valence-electron chi connectivity index (χ1n) is 13.9. The van der Waals surface area contributed by atoms with E-state index in [4.69, 9.17) is 4.74 Å². The lowest BCUT2D eigenvalue weighted by Crippen LogP contribution is -2.52. The fourth-order valence-corrected chi connectivity index (χ4v) is 7.03. The molecule has 0 bridgehead atoms. The van der Waals surface area contributed by atoms with Gasteiger partial charge in [0.05, 0.1) is 13.2 Å². The summed E-state index contributed by atoms with van der Waals surface area (Å²) in [5, 5.41) is 13.0. The summed E-state index contributed by atoms with van der Waals surface area (Å²) < 4.78 is 35.2. The number of hydrogen-bond donors (Lipinski definition) is 2. The molecule has 3 atom stereocenters. The maximum Gasteiger partial charge on any atom is 0.317 e. The number of rotatable bonds is 7. The maximum atomic E-state index is 13.7. The standard InChI is InChI=1S/C30H41N3O5S/c1-22-19-33(23(2)21-34)39(36,37)29-17-16-25(15-14-24-10-6-4-7-11-24)18-27(29)38-28(22)20-32(3)30(35)31-26-12-8-5-9-13-26/h4,6-7,10-11,14-18,22-23,26,28,34H,5,8-9,12-13,19-21H2,1-3H3,(H,31,35)/t22-,23-,28+/m1/s1. The van der Waals surface area contributed by atoms with E-state index < -0.39 is 22.2 Å². The van der Waals surface area contributed by atoms with Crippen LogP contribution < -0.4 is 10.1 Å². The number of amides is 2. The first-order chi connectivity index (χ1) is 18.7. The number of ether oxygens (including phenoxy) is 1. The third kappa shape index (κ3) is 7.21. The Morgan fingerprint density at radius 1 is 1.13 bits per heavy atom. The number of urea groups is 1. The van der Waals surface area contributed by atoms with Crippen LogP contribution in [-0.4, -0.2) is 73.7 Å². The average Bonchev–Trinajstić information content (AvgIpc) is 2.94. The Kier molecular flexibility index (Phi) is 9.69. The zero-order valence-electron chi connectivity index (χ0n) is 23.1. The normalized spacial score (nSPS) is 22.8. The average molecular weight is 556 g/mol. The lowest BCUT2D eigenvalue weighted by Gasteiger charge is -2.37. The summed E-state index contributed by atoms with van der Waals surface area (Å²) in [6.07, 6.45) is 8.88. The highest BCUT2D eigenvalue weighted by Crippen LogP contribution is 2.34. The van der Waals surface area contributed by atoms with E-state index in [1.54, 1.807) is 37.1 Å². The first-order valence-corrected chi connectivity index (χ1v) is 15.3. The molecular formula is C30H41N3O5S. The second-order valence-electron chi connectivity index (χ2n) is 10.9. The van der Waals surface area contributed by atoms with Crippen LogP contribution in [0, 0.1) is 5.92 Å². The number of likely N-dealkylation sites (N-methyl/N-ethyl adjacent to an activating group) is 1. The van der Waals surface area contributed by atoms with Crippen molar-refractivity contribution in [3.05, 3.63) is 59.7 Å². The van der Waals surface area contributed by atoms with Crippen LogP contribution in [0.2, 0.25) is 0 Å². The van der Waals surface area contributed by atoms with Crippen molar-refractivity contribution in [3.63, 3.8) is 0 Å². The number of aliphatic hydroxyl groups excluding tert-OH is 1. The molecule has 4 rings (SSSR count). The lowest BCUT2D eigenvalue weighted by molar-refractivity contribution is 0.0806. The van der Waals surface area contributed by atoms with Gasteiger partial charge in [-0.1, -0.05) is 74.7 Å². The third-order valence-electron chi connectivity index (χ3n) is 7.69. The molecule has 2 N–H and O–H groups in total. The molecule has 1 aliphatic heterocycles. The number of hydrogen-bond acceptors (Lipinski definition) is 5. The molecule has 2 aliphatic rings. The number of sulfonamides is 1. The highest BCUT2D eigenvalue weighted by Gasteiger charge is 2.38. The summed E-state index contributed by atoms with van der Waals surface area (Å²) >= 11 is 0. The monoisotopic (exact) mass is 555 g/mol. The Morgan fingerprint density at radius 3 is 2.51 bits per heavy atom. The van der Waals surface area contributed by atoms with Gasteiger partial charge in [-0.15, -0.1) is 0 Å². The van der Waals surface area contributed by atoms with E-state index in [0.717, 1.165) is 36.8 Å². The molecule has 2 amide bonds. The van der Waals surface area contributed by atoms with Gasteiger partial charge in [-0.3, -0.25) is 0 Å². The van der Waals surface area contributed by atoms with Crippen molar-refractivity contribution in [2.45, 2.75) is 69.0 Å².